The number of ether oxygens (including phenoxy) is 1. The van der Waals surface area contributed by atoms with Gasteiger partial charge in [-0.2, -0.15) is 0 Å². The Morgan fingerprint density at radius 2 is 1.94 bits per heavy atom. The highest BCUT2D eigenvalue weighted by atomic mass is 19.1. The number of amides is 1. The van der Waals surface area contributed by atoms with Crippen LogP contribution in [0.15, 0.2) is 72.0 Å². The molecule has 0 unspecified atom stereocenters. The predicted octanol–water partition coefficient (Wildman–Crippen LogP) is 3.63. The standard InChI is InChI=1S/C23H21FN4O3/c24-18-8-10-19(11-9-18)31-21-12-7-17(14-26-21)23(25)27-30-15-22(29)28-13-3-5-16-4-1-2-6-20(16)28/h1-2,4,6-12,14H,3,5,13,15H2,(H2,25,27). The maximum absolute atomic E-state index is 13.0. The lowest BCUT2D eigenvalue weighted by molar-refractivity contribution is -0.123. The molecule has 3 aromatic rings. The molecule has 0 atom stereocenters. The van der Waals surface area contributed by atoms with Gasteiger partial charge in [-0.15, -0.1) is 0 Å². The van der Waals surface area contributed by atoms with Crippen molar-refractivity contribution in [2.24, 2.45) is 10.9 Å². The number of hydrogen-bond donors (Lipinski definition) is 1. The minimum absolute atomic E-state index is 0.0904. The quantitative estimate of drug-likeness (QED) is 0.374. The SMILES string of the molecule is N/C(=N/OCC(=O)N1CCCc2ccccc21)c1ccc(Oc2ccc(F)cc2)nc1. The van der Waals surface area contributed by atoms with E-state index in [0.29, 0.717) is 23.7 Å². The number of amidine groups is 1. The predicted molar refractivity (Wildman–Crippen MR) is 115 cm³/mol. The third kappa shape index (κ3) is 4.98. The Kier molecular flexibility index (Phi) is 6.07. The van der Waals surface area contributed by atoms with Crippen molar-refractivity contribution in [3.8, 4) is 11.6 Å². The number of carbonyl (C=O) groups is 1. The third-order valence-corrected chi connectivity index (χ3v) is 4.83. The molecule has 0 bridgehead atoms. The number of anilines is 1. The van der Waals surface area contributed by atoms with E-state index in [9.17, 15) is 9.18 Å². The van der Waals surface area contributed by atoms with Crippen LogP contribution in [0.1, 0.15) is 17.5 Å². The molecule has 0 spiro atoms. The van der Waals surface area contributed by atoms with E-state index in [2.05, 4.69) is 10.1 Å². The highest BCUT2D eigenvalue weighted by Gasteiger charge is 2.22. The summed E-state index contributed by atoms with van der Waals surface area (Å²) in [4.78, 5) is 23.6. The molecule has 1 aromatic heterocycles. The summed E-state index contributed by atoms with van der Waals surface area (Å²) in [5.41, 5.74) is 8.52. The number of carbonyl (C=O) groups excluding carboxylic acids is 1. The summed E-state index contributed by atoms with van der Waals surface area (Å²) in [6.07, 6.45) is 3.34. The molecule has 158 valence electrons. The number of aryl methyl sites for hydroxylation is 1. The minimum atomic E-state index is -0.345. The van der Waals surface area contributed by atoms with Gasteiger partial charge in [-0.05, 0) is 54.8 Å². The summed E-state index contributed by atoms with van der Waals surface area (Å²) in [5.74, 6) is 0.354. The van der Waals surface area contributed by atoms with Gasteiger partial charge in [-0.3, -0.25) is 4.79 Å². The lowest BCUT2D eigenvalue weighted by Crippen LogP contribution is -2.37. The van der Waals surface area contributed by atoms with Crippen molar-refractivity contribution in [2.45, 2.75) is 12.8 Å². The molecule has 1 aliphatic rings. The molecule has 0 saturated heterocycles. The van der Waals surface area contributed by atoms with Crippen LogP contribution in [0.4, 0.5) is 10.1 Å². The number of nitrogens with zero attached hydrogens (tertiary/aromatic N) is 3. The number of aromatic nitrogens is 1. The largest absolute Gasteiger partial charge is 0.439 e. The van der Waals surface area contributed by atoms with Crippen LogP contribution in [-0.2, 0) is 16.1 Å². The molecular formula is C23H21FN4O3. The Bertz CT molecular complexity index is 1080. The number of benzene rings is 2. The maximum Gasteiger partial charge on any atom is 0.267 e. The normalized spacial score (nSPS) is 13.5. The third-order valence-electron chi connectivity index (χ3n) is 4.83. The smallest absolute Gasteiger partial charge is 0.267 e. The summed E-state index contributed by atoms with van der Waals surface area (Å²) in [5, 5.41) is 3.83. The number of fused-ring (bicyclic) bond motifs is 1. The summed E-state index contributed by atoms with van der Waals surface area (Å²) >= 11 is 0. The zero-order valence-corrected chi connectivity index (χ0v) is 16.7. The topological polar surface area (TPSA) is 90.0 Å². The van der Waals surface area contributed by atoms with E-state index in [-0.39, 0.29) is 24.2 Å². The van der Waals surface area contributed by atoms with Gasteiger partial charge >= 0.3 is 0 Å². The first-order valence-corrected chi connectivity index (χ1v) is 9.84. The average molecular weight is 420 g/mol. The van der Waals surface area contributed by atoms with Gasteiger partial charge in [-0.1, -0.05) is 23.4 Å². The van der Waals surface area contributed by atoms with E-state index in [1.165, 1.54) is 30.5 Å². The number of para-hydroxylation sites is 1. The zero-order chi connectivity index (χ0) is 21.6. The van der Waals surface area contributed by atoms with Crippen LogP contribution in [-0.4, -0.2) is 29.9 Å². The summed E-state index contributed by atoms with van der Waals surface area (Å²) in [7, 11) is 0. The first kappa shape index (κ1) is 20.3. The number of rotatable bonds is 6. The van der Waals surface area contributed by atoms with Gasteiger partial charge < -0.3 is 20.2 Å². The van der Waals surface area contributed by atoms with Crippen molar-refractivity contribution in [1.82, 2.24) is 4.98 Å². The molecule has 0 aliphatic carbocycles. The van der Waals surface area contributed by atoms with Crippen LogP contribution in [0, 0.1) is 5.82 Å². The Hall–Kier alpha value is -3.94. The van der Waals surface area contributed by atoms with Crippen LogP contribution in [0.5, 0.6) is 11.6 Å². The van der Waals surface area contributed by atoms with Gasteiger partial charge in [0.2, 0.25) is 5.88 Å². The van der Waals surface area contributed by atoms with Gasteiger partial charge in [0.15, 0.2) is 12.4 Å². The van der Waals surface area contributed by atoms with E-state index < -0.39 is 0 Å². The fraction of sp³-hybridized carbons (Fsp3) is 0.174. The van der Waals surface area contributed by atoms with Crippen molar-refractivity contribution in [3.05, 3.63) is 83.8 Å². The summed E-state index contributed by atoms with van der Waals surface area (Å²) in [6.45, 7) is 0.437. The van der Waals surface area contributed by atoms with Crippen molar-refractivity contribution < 1.29 is 18.8 Å². The van der Waals surface area contributed by atoms with E-state index in [1.54, 1.807) is 17.0 Å². The van der Waals surface area contributed by atoms with Crippen LogP contribution in [0.25, 0.3) is 0 Å². The van der Waals surface area contributed by atoms with Crippen molar-refractivity contribution in [3.63, 3.8) is 0 Å². The number of hydrogen-bond acceptors (Lipinski definition) is 5. The van der Waals surface area contributed by atoms with Crippen LogP contribution < -0.4 is 15.4 Å². The second-order valence-electron chi connectivity index (χ2n) is 6.97. The Labute approximate surface area is 178 Å². The Balaban J connectivity index is 1.33. The molecule has 0 fully saturated rings. The van der Waals surface area contributed by atoms with E-state index in [1.807, 2.05) is 24.3 Å². The highest BCUT2D eigenvalue weighted by Crippen LogP contribution is 2.26. The first-order chi connectivity index (χ1) is 15.1. The van der Waals surface area contributed by atoms with Crippen molar-refractivity contribution in [1.29, 1.82) is 0 Å². The van der Waals surface area contributed by atoms with Gasteiger partial charge in [0.05, 0.1) is 0 Å². The monoisotopic (exact) mass is 420 g/mol. The van der Waals surface area contributed by atoms with Crippen molar-refractivity contribution >= 4 is 17.4 Å². The lowest BCUT2D eigenvalue weighted by Gasteiger charge is -2.28. The molecule has 1 aliphatic heterocycles. The van der Waals surface area contributed by atoms with Gasteiger partial charge in [0, 0.05) is 30.1 Å². The highest BCUT2D eigenvalue weighted by molar-refractivity contribution is 5.97. The molecule has 31 heavy (non-hydrogen) atoms. The van der Waals surface area contributed by atoms with E-state index in [0.717, 1.165) is 24.1 Å². The molecule has 0 saturated carbocycles. The number of nitrogens with two attached hydrogens (primary N) is 1. The van der Waals surface area contributed by atoms with Gasteiger partial charge in [0.25, 0.3) is 5.91 Å². The van der Waals surface area contributed by atoms with E-state index >= 15 is 0 Å². The molecule has 8 heteroatoms. The number of pyridine rings is 1. The number of halogens is 1. The zero-order valence-electron chi connectivity index (χ0n) is 16.7. The Morgan fingerprint density at radius 1 is 1.13 bits per heavy atom. The summed E-state index contributed by atoms with van der Waals surface area (Å²) in [6, 6.07) is 16.7. The van der Waals surface area contributed by atoms with Crippen LogP contribution >= 0.6 is 0 Å². The molecular weight excluding hydrogens is 399 g/mol. The second kappa shape index (κ2) is 9.25. The van der Waals surface area contributed by atoms with E-state index in [4.69, 9.17) is 15.3 Å². The summed E-state index contributed by atoms with van der Waals surface area (Å²) < 4.78 is 18.5. The molecule has 4 rings (SSSR count). The molecule has 0 radical (unpaired) electrons. The minimum Gasteiger partial charge on any atom is -0.439 e. The fourth-order valence-corrected chi connectivity index (χ4v) is 3.30. The van der Waals surface area contributed by atoms with Crippen LogP contribution in [0.2, 0.25) is 0 Å². The van der Waals surface area contributed by atoms with Gasteiger partial charge in [-0.25, -0.2) is 9.37 Å². The van der Waals surface area contributed by atoms with Crippen LogP contribution in [0.3, 0.4) is 0 Å². The number of oxime groups is 1. The fourth-order valence-electron chi connectivity index (χ4n) is 3.30. The second-order valence-corrected chi connectivity index (χ2v) is 6.97. The molecule has 2 heterocycles. The lowest BCUT2D eigenvalue weighted by atomic mass is 10.0. The Morgan fingerprint density at radius 3 is 2.71 bits per heavy atom. The molecule has 1 amide bonds. The molecule has 2 N–H and O–H groups in total. The molecule has 2 aromatic carbocycles. The van der Waals surface area contributed by atoms with Gasteiger partial charge in [0.1, 0.15) is 11.6 Å². The maximum atomic E-state index is 13.0. The average Bonchev–Trinajstić information content (AvgIpc) is 2.80. The first-order valence-electron chi connectivity index (χ1n) is 9.84. The van der Waals surface area contributed by atoms with Crippen molar-refractivity contribution in [2.75, 3.05) is 18.1 Å². The molecule has 7 nitrogen and oxygen atoms in total.